The summed E-state index contributed by atoms with van der Waals surface area (Å²) in [6.45, 7) is 2.43. The number of hydrogen-bond acceptors (Lipinski definition) is 8. The molecular formula is C26H33N5O4S4. The molecule has 1 heterocycles. The van der Waals surface area contributed by atoms with Gasteiger partial charge in [0.1, 0.15) is 15.7 Å². The first-order valence-corrected chi connectivity index (χ1v) is 17.6. The number of aliphatic imine (C=N–C) groups is 1. The number of aryl methyl sites for hydroxylation is 1. The molecule has 13 heteroatoms. The lowest BCUT2D eigenvalue weighted by Gasteiger charge is -2.12. The Morgan fingerprint density at radius 2 is 1.79 bits per heavy atom. The number of unbranched alkanes of at least 4 members (excludes halogenated alkanes) is 2. The number of thioether (sulfide) groups is 1. The Labute approximate surface area is 238 Å². The second-order valence-corrected chi connectivity index (χ2v) is 15.3. The molecule has 0 saturated heterocycles. The number of thiophene rings is 1. The summed E-state index contributed by atoms with van der Waals surface area (Å²) in [5.41, 5.74) is 14.9. The first-order chi connectivity index (χ1) is 18.3. The van der Waals surface area contributed by atoms with Gasteiger partial charge in [0, 0.05) is 24.2 Å². The number of nitrogens with zero attached hydrogens (tertiary/aromatic N) is 1. The number of nitrogens with two attached hydrogens (primary N) is 2. The SMILES string of the molecule is CSc1sc(C(=N)N)cc1S(=O)(=O)c1cccc(-c2ccc(NC(N)=NCCCCCS(C)(=O)=O)cc2C)c1. The molecule has 1 aromatic heterocycles. The van der Waals surface area contributed by atoms with Crippen LogP contribution in [0.5, 0.6) is 0 Å². The fraction of sp³-hybridized carbons (Fsp3) is 0.308. The van der Waals surface area contributed by atoms with Gasteiger partial charge in [-0.1, -0.05) is 24.6 Å². The van der Waals surface area contributed by atoms with Gasteiger partial charge >= 0.3 is 0 Å². The van der Waals surface area contributed by atoms with E-state index in [-0.39, 0.29) is 27.3 Å². The Morgan fingerprint density at radius 3 is 2.44 bits per heavy atom. The van der Waals surface area contributed by atoms with Crippen LogP contribution in [0.2, 0.25) is 0 Å². The molecule has 3 aromatic rings. The van der Waals surface area contributed by atoms with Crippen LogP contribution >= 0.6 is 23.1 Å². The van der Waals surface area contributed by atoms with Gasteiger partial charge in [0.05, 0.1) is 18.9 Å². The molecule has 0 aliphatic heterocycles. The lowest BCUT2D eigenvalue weighted by Crippen LogP contribution is -2.22. The summed E-state index contributed by atoms with van der Waals surface area (Å²) in [5, 5.41) is 10.7. The van der Waals surface area contributed by atoms with Crippen LogP contribution in [-0.2, 0) is 19.7 Å². The van der Waals surface area contributed by atoms with Crippen LogP contribution in [0.15, 0.2) is 67.5 Å². The van der Waals surface area contributed by atoms with Crippen molar-refractivity contribution in [2.75, 3.05) is 30.1 Å². The third-order valence-corrected chi connectivity index (χ3v) is 11.2. The molecule has 0 radical (unpaired) electrons. The van der Waals surface area contributed by atoms with Gasteiger partial charge in [0.25, 0.3) is 0 Å². The largest absolute Gasteiger partial charge is 0.383 e. The van der Waals surface area contributed by atoms with Gasteiger partial charge in [0.2, 0.25) is 9.84 Å². The quantitative estimate of drug-likeness (QED) is 0.101. The van der Waals surface area contributed by atoms with Gasteiger partial charge in [-0.15, -0.1) is 23.1 Å². The van der Waals surface area contributed by atoms with E-state index in [1.165, 1.54) is 35.4 Å². The van der Waals surface area contributed by atoms with Crippen LogP contribution < -0.4 is 16.8 Å². The number of anilines is 1. The number of amidine groups is 1. The summed E-state index contributed by atoms with van der Waals surface area (Å²) in [7, 11) is -6.76. The fourth-order valence-electron chi connectivity index (χ4n) is 3.88. The molecular weight excluding hydrogens is 575 g/mol. The number of guanidine groups is 1. The molecule has 210 valence electrons. The molecule has 0 amide bonds. The minimum absolute atomic E-state index is 0.156. The first-order valence-electron chi connectivity index (χ1n) is 12.0. The van der Waals surface area contributed by atoms with Crippen molar-refractivity contribution in [3.05, 3.63) is 59.0 Å². The number of benzene rings is 2. The molecule has 39 heavy (non-hydrogen) atoms. The summed E-state index contributed by atoms with van der Waals surface area (Å²) in [6.07, 6.45) is 5.14. The standard InChI is InChI=1S/C26H33N5O4S4/c1-17-14-19(31-26(29)30-12-5-4-6-13-38(3,32)33)10-11-21(17)18-8-7-9-20(15-18)39(34,35)23-16-22(24(27)28)37-25(23)36-2/h7-11,14-16H,4-6,12-13H2,1-3H3,(H3,27,28)(H3,29,30,31). The summed E-state index contributed by atoms with van der Waals surface area (Å²) >= 11 is 2.50. The lowest BCUT2D eigenvalue weighted by atomic mass is 10.00. The highest BCUT2D eigenvalue weighted by atomic mass is 32.2. The van der Waals surface area contributed by atoms with E-state index in [0.29, 0.717) is 22.1 Å². The number of rotatable bonds is 12. The maximum absolute atomic E-state index is 13.5. The molecule has 3 rings (SSSR count). The number of nitrogens with one attached hydrogen (secondary N) is 2. The highest BCUT2D eigenvalue weighted by Crippen LogP contribution is 2.38. The average molecular weight is 608 g/mol. The Bertz CT molecular complexity index is 1600. The molecule has 0 atom stereocenters. The second-order valence-electron chi connectivity index (χ2n) is 9.02. The number of hydrogen-bond donors (Lipinski definition) is 4. The zero-order valence-electron chi connectivity index (χ0n) is 22.0. The molecule has 2 aromatic carbocycles. The minimum atomic E-state index is -3.82. The number of nitrogen functional groups attached to an aromatic ring is 1. The molecule has 0 bridgehead atoms. The van der Waals surface area contributed by atoms with E-state index >= 15 is 0 Å². The molecule has 0 saturated carbocycles. The minimum Gasteiger partial charge on any atom is -0.383 e. The van der Waals surface area contributed by atoms with Crippen molar-refractivity contribution in [1.82, 2.24) is 0 Å². The second kappa shape index (κ2) is 13.0. The van der Waals surface area contributed by atoms with Gasteiger partial charge in [0.15, 0.2) is 5.96 Å². The van der Waals surface area contributed by atoms with Gasteiger partial charge < -0.3 is 16.8 Å². The van der Waals surface area contributed by atoms with Crippen molar-refractivity contribution >= 4 is 60.3 Å². The zero-order valence-corrected chi connectivity index (χ0v) is 25.3. The van der Waals surface area contributed by atoms with Gasteiger partial charge in [-0.05, 0) is 73.0 Å². The van der Waals surface area contributed by atoms with E-state index in [1.807, 2.05) is 31.2 Å². The summed E-state index contributed by atoms with van der Waals surface area (Å²) in [6, 6.07) is 13.9. The lowest BCUT2D eigenvalue weighted by molar-refractivity contribution is 0.593. The highest BCUT2D eigenvalue weighted by molar-refractivity contribution is 8.01. The Hall–Kier alpha value is -2.87. The molecule has 6 N–H and O–H groups in total. The monoisotopic (exact) mass is 607 g/mol. The van der Waals surface area contributed by atoms with Crippen molar-refractivity contribution in [1.29, 1.82) is 5.41 Å². The van der Waals surface area contributed by atoms with E-state index < -0.39 is 19.7 Å². The van der Waals surface area contributed by atoms with E-state index in [4.69, 9.17) is 16.9 Å². The Morgan fingerprint density at radius 1 is 1.05 bits per heavy atom. The van der Waals surface area contributed by atoms with Gasteiger partial charge in [-0.25, -0.2) is 16.8 Å². The molecule has 9 nitrogen and oxygen atoms in total. The maximum atomic E-state index is 13.5. The predicted molar refractivity (Wildman–Crippen MR) is 163 cm³/mol. The third kappa shape index (κ3) is 8.31. The van der Waals surface area contributed by atoms with Crippen LogP contribution in [0, 0.1) is 12.3 Å². The van der Waals surface area contributed by atoms with Crippen molar-refractivity contribution in [3.8, 4) is 11.1 Å². The predicted octanol–water partition coefficient (Wildman–Crippen LogP) is 4.50. The van der Waals surface area contributed by atoms with Crippen LogP contribution in [-0.4, -0.2) is 53.4 Å². The smallest absolute Gasteiger partial charge is 0.208 e. The molecule has 0 spiro atoms. The van der Waals surface area contributed by atoms with Gasteiger partial charge in [-0.3, -0.25) is 10.4 Å². The topological polar surface area (TPSA) is 169 Å². The van der Waals surface area contributed by atoms with E-state index in [9.17, 15) is 16.8 Å². The third-order valence-electron chi connectivity index (χ3n) is 5.82. The molecule has 0 aliphatic rings. The fourth-order valence-corrected chi connectivity index (χ4v) is 8.51. The van der Waals surface area contributed by atoms with Crippen LogP contribution in [0.25, 0.3) is 11.1 Å². The van der Waals surface area contributed by atoms with Crippen molar-refractivity contribution < 1.29 is 16.8 Å². The first kappa shape index (κ1) is 30.7. The maximum Gasteiger partial charge on any atom is 0.208 e. The van der Waals surface area contributed by atoms with Crippen LogP contribution in [0.3, 0.4) is 0 Å². The zero-order chi connectivity index (χ0) is 28.8. The summed E-state index contributed by atoms with van der Waals surface area (Å²) in [5.74, 6) is 0.284. The van der Waals surface area contributed by atoms with Crippen LogP contribution in [0.1, 0.15) is 29.7 Å². The Balaban J connectivity index is 1.74. The highest BCUT2D eigenvalue weighted by Gasteiger charge is 2.25. The average Bonchev–Trinajstić information content (AvgIpc) is 3.32. The van der Waals surface area contributed by atoms with Crippen molar-refractivity contribution in [2.24, 2.45) is 16.5 Å². The van der Waals surface area contributed by atoms with Crippen molar-refractivity contribution in [3.63, 3.8) is 0 Å². The molecule has 0 aliphatic carbocycles. The number of sulfone groups is 2. The summed E-state index contributed by atoms with van der Waals surface area (Å²) in [4.78, 5) is 5.04. The van der Waals surface area contributed by atoms with E-state index in [0.717, 1.165) is 35.2 Å². The normalized spacial score (nSPS) is 12.4. The van der Waals surface area contributed by atoms with Crippen molar-refractivity contribution in [2.45, 2.75) is 40.2 Å². The molecule has 0 fully saturated rings. The summed E-state index contributed by atoms with van der Waals surface area (Å²) < 4.78 is 50.0. The van der Waals surface area contributed by atoms with E-state index in [2.05, 4.69) is 10.3 Å². The Kier molecular flexibility index (Phi) is 10.2. The molecule has 0 unspecified atom stereocenters. The van der Waals surface area contributed by atoms with Crippen LogP contribution in [0.4, 0.5) is 5.69 Å². The van der Waals surface area contributed by atoms with Gasteiger partial charge in [-0.2, -0.15) is 0 Å². The van der Waals surface area contributed by atoms with E-state index in [1.54, 1.807) is 24.5 Å².